The molecule has 3 heteroatoms. The van der Waals surface area contributed by atoms with Gasteiger partial charge in [-0.15, -0.1) is 0 Å². The molecular weight excluding hydrogens is 289 g/mol. The van der Waals surface area contributed by atoms with Crippen LogP contribution < -0.4 is 5.73 Å². The fraction of sp³-hybridized carbons (Fsp3) is 0.294. The molecule has 0 aliphatic heterocycles. The first-order valence-corrected chi connectivity index (χ1v) is 7.54. The second kappa shape index (κ2) is 7.12. The summed E-state index contributed by atoms with van der Waals surface area (Å²) in [5.41, 5.74) is 9.50. The minimum Gasteiger partial charge on any atom is -0.330 e. The summed E-state index contributed by atoms with van der Waals surface area (Å²) in [7, 11) is 0. The standard InChI is InChI=1S/C17H19Cl2N/c1-12-4-2-5-13(8-12)9-14(11-20)10-15-16(18)6-3-7-17(15)19/h2-8,14H,9-11,20H2,1H3. The maximum absolute atomic E-state index is 6.23. The number of aryl methyl sites for hydroxylation is 1. The number of rotatable bonds is 5. The van der Waals surface area contributed by atoms with Gasteiger partial charge in [0.25, 0.3) is 0 Å². The van der Waals surface area contributed by atoms with Gasteiger partial charge in [0.15, 0.2) is 0 Å². The third-order valence-corrected chi connectivity index (χ3v) is 4.20. The minimum absolute atomic E-state index is 0.342. The van der Waals surface area contributed by atoms with E-state index < -0.39 is 0 Å². The zero-order valence-corrected chi connectivity index (χ0v) is 13.1. The lowest BCUT2D eigenvalue weighted by atomic mass is 9.92. The Hall–Kier alpha value is -1.02. The lowest BCUT2D eigenvalue weighted by molar-refractivity contribution is 0.533. The van der Waals surface area contributed by atoms with E-state index in [1.165, 1.54) is 11.1 Å². The van der Waals surface area contributed by atoms with E-state index in [0.717, 1.165) is 28.5 Å². The Kier molecular flexibility index (Phi) is 5.47. The van der Waals surface area contributed by atoms with Gasteiger partial charge in [-0.3, -0.25) is 0 Å². The monoisotopic (exact) mass is 307 g/mol. The molecule has 0 aliphatic rings. The topological polar surface area (TPSA) is 26.0 Å². The second-order valence-corrected chi connectivity index (χ2v) is 6.01. The normalized spacial score (nSPS) is 12.4. The molecule has 0 spiro atoms. The average Bonchev–Trinajstić information content (AvgIpc) is 2.42. The predicted molar refractivity (Wildman–Crippen MR) is 87.6 cm³/mol. The highest BCUT2D eigenvalue weighted by atomic mass is 35.5. The van der Waals surface area contributed by atoms with Gasteiger partial charge in [0.1, 0.15) is 0 Å². The quantitative estimate of drug-likeness (QED) is 0.854. The third-order valence-electron chi connectivity index (χ3n) is 3.49. The van der Waals surface area contributed by atoms with Crippen molar-refractivity contribution in [3.8, 4) is 0 Å². The Morgan fingerprint density at radius 3 is 2.25 bits per heavy atom. The van der Waals surface area contributed by atoms with E-state index in [-0.39, 0.29) is 0 Å². The van der Waals surface area contributed by atoms with Crippen molar-refractivity contribution >= 4 is 23.2 Å². The highest BCUT2D eigenvalue weighted by molar-refractivity contribution is 6.35. The molecule has 0 fully saturated rings. The van der Waals surface area contributed by atoms with Gasteiger partial charge in [-0.25, -0.2) is 0 Å². The van der Waals surface area contributed by atoms with Crippen molar-refractivity contribution in [1.82, 2.24) is 0 Å². The van der Waals surface area contributed by atoms with Crippen LogP contribution in [0.1, 0.15) is 16.7 Å². The maximum Gasteiger partial charge on any atom is 0.0452 e. The van der Waals surface area contributed by atoms with Crippen LogP contribution >= 0.6 is 23.2 Å². The lowest BCUT2D eigenvalue weighted by Crippen LogP contribution is -2.19. The van der Waals surface area contributed by atoms with Gasteiger partial charge in [0.05, 0.1) is 0 Å². The van der Waals surface area contributed by atoms with Crippen molar-refractivity contribution in [2.24, 2.45) is 11.7 Å². The van der Waals surface area contributed by atoms with E-state index in [1.54, 1.807) is 0 Å². The Labute approximate surface area is 130 Å². The molecule has 0 bridgehead atoms. The molecular formula is C17H19Cl2N. The van der Waals surface area contributed by atoms with Crippen molar-refractivity contribution in [3.63, 3.8) is 0 Å². The molecule has 1 atom stereocenters. The van der Waals surface area contributed by atoms with E-state index >= 15 is 0 Å². The average molecular weight is 308 g/mol. The smallest absolute Gasteiger partial charge is 0.0452 e. The zero-order chi connectivity index (χ0) is 14.5. The van der Waals surface area contributed by atoms with Crippen LogP contribution in [0.5, 0.6) is 0 Å². The van der Waals surface area contributed by atoms with Crippen LogP contribution in [0.4, 0.5) is 0 Å². The Balaban J connectivity index is 2.13. The molecule has 0 saturated carbocycles. The first-order valence-electron chi connectivity index (χ1n) is 6.78. The molecule has 1 nitrogen and oxygen atoms in total. The van der Waals surface area contributed by atoms with E-state index in [2.05, 4.69) is 31.2 Å². The highest BCUT2D eigenvalue weighted by Crippen LogP contribution is 2.27. The molecule has 0 aromatic heterocycles. The summed E-state index contributed by atoms with van der Waals surface area (Å²) in [6, 6.07) is 14.2. The van der Waals surface area contributed by atoms with Gasteiger partial charge >= 0.3 is 0 Å². The minimum atomic E-state index is 0.342. The molecule has 20 heavy (non-hydrogen) atoms. The van der Waals surface area contributed by atoms with Crippen molar-refractivity contribution in [2.75, 3.05) is 6.54 Å². The summed E-state index contributed by atoms with van der Waals surface area (Å²) in [6.07, 6.45) is 1.75. The van der Waals surface area contributed by atoms with E-state index in [4.69, 9.17) is 28.9 Å². The van der Waals surface area contributed by atoms with Crippen LogP contribution in [0.25, 0.3) is 0 Å². The summed E-state index contributed by atoms with van der Waals surface area (Å²) < 4.78 is 0. The summed E-state index contributed by atoms with van der Waals surface area (Å²) in [4.78, 5) is 0. The van der Waals surface area contributed by atoms with Crippen LogP contribution in [0.3, 0.4) is 0 Å². The van der Waals surface area contributed by atoms with Crippen LogP contribution in [0, 0.1) is 12.8 Å². The van der Waals surface area contributed by atoms with Crippen molar-refractivity contribution in [3.05, 3.63) is 69.2 Å². The number of benzene rings is 2. The van der Waals surface area contributed by atoms with Gasteiger partial charge in [0, 0.05) is 10.0 Å². The summed E-state index contributed by atoms with van der Waals surface area (Å²) in [5, 5.41) is 1.44. The van der Waals surface area contributed by atoms with E-state index in [9.17, 15) is 0 Å². The molecule has 0 amide bonds. The summed E-state index contributed by atoms with van der Waals surface area (Å²) in [6.45, 7) is 2.72. The van der Waals surface area contributed by atoms with Gasteiger partial charge in [-0.2, -0.15) is 0 Å². The number of halogens is 2. The summed E-state index contributed by atoms with van der Waals surface area (Å²) >= 11 is 12.5. The maximum atomic E-state index is 6.23. The molecule has 1 unspecified atom stereocenters. The number of hydrogen-bond donors (Lipinski definition) is 1. The molecule has 2 rings (SSSR count). The van der Waals surface area contributed by atoms with Crippen molar-refractivity contribution in [2.45, 2.75) is 19.8 Å². The highest BCUT2D eigenvalue weighted by Gasteiger charge is 2.13. The van der Waals surface area contributed by atoms with Gasteiger partial charge in [-0.1, -0.05) is 59.1 Å². The zero-order valence-electron chi connectivity index (χ0n) is 11.6. The molecule has 2 aromatic rings. The molecule has 0 aliphatic carbocycles. The van der Waals surface area contributed by atoms with Gasteiger partial charge in [-0.05, 0) is 55.5 Å². The molecule has 0 radical (unpaired) electrons. The fourth-order valence-corrected chi connectivity index (χ4v) is 2.98. The van der Waals surface area contributed by atoms with E-state index in [0.29, 0.717) is 12.5 Å². The second-order valence-electron chi connectivity index (χ2n) is 5.20. The lowest BCUT2D eigenvalue weighted by Gasteiger charge is -2.17. The van der Waals surface area contributed by atoms with Crippen molar-refractivity contribution < 1.29 is 0 Å². The van der Waals surface area contributed by atoms with Crippen LogP contribution in [-0.4, -0.2) is 6.54 Å². The Bertz CT molecular complexity index is 561. The van der Waals surface area contributed by atoms with Crippen LogP contribution in [0.15, 0.2) is 42.5 Å². The Morgan fingerprint density at radius 1 is 1.00 bits per heavy atom. The molecule has 0 saturated heterocycles. The largest absolute Gasteiger partial charge is 0.330 e. The number of hydrogen-bond acceptors (Lipinski definition) is 1. The fourth-order valence-electron chi connectivity index (χ4n) is 2.43. The van der Waals surface area contributed by atoms with E-state index in [1.807, 2.05) is 18.2 Å². The first kappa shape index (κ1) is 15.4. The first-order chi connectivity index (χ1) is 9.60. The van der Waals surface area contributed by atoms with Crippen LogP contribution in [-0.2, 0) is 12.8 Å². The van der Waals surface area contributed by atoms with Gasteiger partial charge in [0.2, 0.25) is 0 Å². The molecule has 106 valence electrons. The molecule has 2 aromatic carbocycles. The summed E-state index contributed by atoms with van der Waals surface area (Å²) in [5.74, 6) is 0.342. The van der Waals surface area contributed by atoms with Gasteiger partial charge < -0.3 is 5.73 Å². The number of nitrogens with two attached hydrogens (primary N) is 1. The Morgan fingerprint density at radius 2 is 1.65 bits per heavy atom. The van der Waals surface area contributed by atoms with Crippen molar-refractivity contribution in [1.29, 1.82) is 0 Å². The van der Waals surface area contributed by atoms with Crippen LogP contribution in [0.2, 0.25) is 10.0 Å². The molecule has 2 N–H and O–H groups in total. The third kappa shape index (κ3) is 3.99. The SMILES string of the molecule is Cc1cccc(CC(CN)Cc2c(Cl)cccc2Cl)c1. The predicted octanol–water partition coefficient (Wildman–Crippen LogP) is 4.66. The molecule has 0 heterocycles.